The van der Waals surface area contributed by atoms with Crippen LogP contribution in [-0.4, -0.2) is 37.2 Å². The van der Waals surface area contributed by atoms with Gasteiger partial charge in [-0.1, -0.05) is 11.6 Å². The molecule has 0 radical (unpaired) electrons. The number of amides is 1. The number of anilines is 1. The molecule has 0 aliphatic heterocycles. The Morgan fingerprint density at radius 1 is 1.42 bits per heavy atom. The summed E-state index contributed by atoms with van der Waals surface area (Å²) in [5, 5.41) is 21.9. The molecule has 2 N–H and O–H groups in total. The number of aliphatic carboxylic acids is 1. The summed E-state index contributed by atoms with van der Waals surface area (Å²) in [5.74, 6) is -1.88. The van der Waals surface area contributed by atoms with E-state index < -0.39 is 18.3 Å². The highest BCUT2D eigenvalue weighted by molar-refractivity contribution is 6.33. The van der Waals surface area contributed by atoms with E-state index in [0.29, 0.717) is 11.4 Å². The van der Waals surface area contributed by atoms with Crippen LogP contribution in [0.25, 0.3) is 5.69 Å². The highest BCUT2D eigenvalue weighted by atomic mass is 35.5. The summed E-state index contributed by atoms with van der Waals surface area (Å²) in [6.07, 6.45) is 0.748. The van der Waals surface area contributed by atoms with Gasteiger partial charge in [0.2, 0.25) is 5.91 Å². The van der Waals surface area contributed by atoms with Gasteiger partial charge in [-0.05, 0) is 28.6 Å². The average Bonchev–Trinajstić information content (AvgIpc) is 2.84. The molecule has 0 saturated carbocycles. The monoisotopic (exact) mass is 281 g/mol. The Morgan fingerprint density at radius 3 is 2.84 bits per heavy atom. The van der Waals surface area contributed by atoms with Crippen molar-refractivity contribution >= 4 is 29.2 Å². The Hall–Kier alpha value is -2.48. The second-order valence-corrected chi connectivity index (χ2v) is 3.94. The van der Waals surface area contributed by atoms with Crippen molar-refractivity contribution in [1.82, 2.24) is 20.2 Å². The summed E-state index contributed by atoms with van der Waals surface area (Å²) in [6.45, 7) is 0. The average molecular weight is 282 g/mol. The van der Waals surface area contributed by atoms with Crippen LogP contribution in [0.2, 0.25) is 5.02 Å². The zero-order valence-corrected chi connectivity index (χ0v) is 10.2. The highest BCUT2D eigenvalue weighted by Crippen LogP contribution is 2.24. The number of nitrogens with zero attached hydrogens (tertiary/aromatic N) is 4. The van der Waals surface area contributed by atoms with Gasteiger partial charge in [0.25, 0.3) is 0 Å². The Bertz CT molecular complexity index is 614. The standard InChI is InChI=1S/C10H8ClN5O3/c11-7-2-1-6(16-5-12-14-15-16)3-8(7)13-9(17)4-10(18)19/h1-3,5H,4H2,(H,13,17)(H,18,19). The molecule has 0 bridgehead atoms. The first kappa shape index (κ1) is 13.0. The van der Waals surface area contributed by atoms with Crippen molar-refractivity contribution in [2.75, 3.05) is 5.32 Å². The molecular weight excluding hydrogens is 274 g/mol. The molecule has 0 spiro atoms. The molecule has 0 aliphatic carbocycles. The minimum absolute atomic E-state index is 0.288. The molecule has 1 heterocycles. The van der Waals surface area contributed by atoms with Crippen LogP contribution in [-0.2, 0) is 9.59 Å². The van der Waals surface area contributed by atoms with Crippen molar-refractivity contribution in [3.8, 4) is 5.69 Å². The first-order chi connectivity index (χ1) is 9.06. The van der Waals surface area contributed by atoms with E-state index in [4.69, 9.17) is 16.7 Å². The van der Waals surface area contributed by atoms with Gasteiger partial charge >= 0.3 is 5.97 Å². The van der Waals surface area contributed by atoms with E-state index in [1.165, 1.54) is 11.0 Å². The van der Waals surface area contributed by atoms with Crippen molar-refractivity contribution in [3.63, 3.8) is 0 Å². The van der Waals surface area contributed by atoms with Crippen LogP contribution in [0.1, 0.15) is 6.42 Å². The molecule has 19 heavy (non-hydrogen) atoms. The molecule has 0 saturated heterocycles. The third kappa shape index (κ3) is 3.26. The van der Waals surface area contributed by atoms with E-state index in [2.05, 4.69) is 20.8 Å². The van der Waals surface area contributed by atoms with E-state index in [9.17, 15) is 9.59 Å². The van der Waals surface area contributed by atoms with Crippen LogP contribution >= 0.6 is 11.6 Å². The molecule has 8 nitrogen and oxygen atoms in total. The minimum Gasteiger partial charge on any atom is -0.481 e. The van der Waals surface area contributed by atoms with Crippen LogP contribution in [0.5, 0.6) is 0 Å². The minimum atomic E-state index is -1.22. The fourth-order valence-electron chi connectivity index (χ4n) is 1.36. The number of carboxylic acid groups (broad SMARTS) is 1. The predicted octanol–water partition coefficient (Wildman–Crippen LogP) is 0.729. The van der Waals surface area contributed by atoms with Gasteiger partial charge in [0.05, 0.1) is 16.4 Å². The number of hydrogen-bond acceptors (Lipinski definition) is 5. The van der Waals surface area contributed by atoms with Crippen molar-refractivity contribution in [3.05, 3.63) is 29.5 Å². The molecule has 9 heteroatoms. The Kier molecular flexibility index (Phi) is 3.71. The number of carboxylic acids is 1. The van der Waals surface area contributed by atoms with Gasteiger partial charge < -0.3 is 10.4 Å². The maximum Gasteiger partial charge on any atom is 0.312 e. The quantitative estimate of drug-likeness (QED) is 0.799. The summed E-state index contributed by atoms with van der Waals surface area (Å²) in [4.78, 5) is 21.8. The van der Waals surface area contributed by atoms with Gasteiger partial charge in [0.1, 0.15) is 12.7 Å². The number of carbonyl (C=O) groups excluding carboxylic acids is 1. The Labute approximate surface area is 112 Å². The van der Waals surface area contributed by atoms with Crippen LogP contribution in [0, 0.1) is 0 Å². The molecule has 0 fully saturated rings. The zero-order valence-electron chi connectivity index (χ0n) is 9.45. The largest absolute Gasteiger partial charge is 0.481 e. The molecule has 2 aromatic rings. The fourth-order valence-corrected chi connectivity index (χ4v) is 1.53. The number of rotatable bonds is 4. The summed E-state index contributed by atoms with van der Waals surface area (Å²) >= 11 is 5.92. The molecule has 98 valence electrons. The predicted molar refractivity (Wildman–Crippen MR) is 65.0 cm³/mol. The van der Waals surface area contributed by atoms with Gasteiger partial charge in [0, 0.05) is 0 Å². The third-order valence-electron chi connectivity index (χ3n) is 2.15. The number of aromatic nitrogens is 4. The molecule has 2 rings (SSSR count). The van der Waals surface area contributed by atoms with E-state index in [1.54, 1.807) is 18.2 Å². The number of carbonyl (C=O) groups is 2. The normalized spacial score (nSPS) is 10.2. The fraction of sp³-hybridized carbons (Fsp3) is 0.100. The van der Waals surface area contributed by atoms with Crippen LogP contribution in [0.4, 0.5) is 5.69 Å². The maximum absolute atomic E-state index is 11.4. The smallest absolute Gasteiger partial charge is 0.312 e. The second kappa shape index (κ2) is 5.44. The molecule has 0 atom stereocenters. The number of nitrogens with one attached hydrogen (secondary N) is 1. The summed E-state index contributed by atoms with van der Waals surface area (Å²) in [6, 6.07) is 4.75. The van der Waals surface area contributed by atoms with E-state index >= 15 is 0 Å². The van der Waals surface area contributed by atoms with Crippen LogP contribution in [0.3, 0.4) is 0 Å². The van der Waals surface area contributed by atoms with Gasteiger partial charge in [-0.15, -0.1) is 5.10 Å². The number of tetrazole rings is 1. The number of benzene rings is 1. The summed E-state index contributed by atoms with van der Waals surface area (Å²) in [5.41, 5.74) is 0.876. The third-order valence-corrected chi connectivity index (χ3v) is 2.48. The topological polar surface area (TPSA) is 110 Å². The van der Waals surface area contributed by atoms with Gasteiger partial charge in [0.15, 0.2) is 0 Å². The van der Waals surface area contributed by atoms with Crippen LogP contribution in [0.15, 0.2) is 24.5 Å². The molecular formula is C10H8ClN5O3. The molecule has 1 amide bonds. The summed E-state index contributed by atoms with van der Waals surface area (Å²) in [7, 11) is 0. The molecule has 1 aromatic carbocycles. The lowest BCUT2D eigenvalue weighted by Crippen LogP contribution is -2.16. The molecule has 0 unspecified atom stereocenters. The summed E-state index contributed by atoms with van der Waals surface area (Å²) < 4.78 is 1.38. The number of halogens is 1. The van der Waals surface area contributed by atoms with Crippen molar-refractivity contribution in [2.45, 2.75) is 6.42 Å². The maximum atomic E-state index is 11.4. The van der Waals surface area contributed by atoms with Gasteiger partial charge in [-0.2, -0.15) is 0 Å². The molecule has 1 aromatic heterocycles. The molecule has 0 aliphatic rings. The lowest BCUT2D eigenvalue weighted by atomic mass is 10.2. The Morgan fingerprint density at radius 2 is 2.21 bits per heavy atom. The number of hydrogen-bond donors (Lipinski definition) is 2. The lowest BCUT2D eigenvalue weighted by molar-refractivity contribution is -0.139. The van der Waals surface area contributed by atoms with Gasteiger partial charge in [-0.3, -0.25) is 9.59 Å². The first-order valence-corrected chi connectivity index (χ1v) is 5.48. The Balaban J connectivity index is 2.23. The van der Waals surface area contributed by atoms with Crippen LogP contribution < -0.4 is 5.32 Å². The van der Waals surface area contributed by atoms with Crippen molar-refractivity contribution in [2.24, 2.45) is 0 Å². The van der Waals surface area contributed by atoms with E-state index in [1.807, 2.05) is 0 Å². The first-order valence-electron chi connectivity index (χ1n) is 5.11. The zero-order chi connectivity index (χ0) is 13.8. The second-order valence-electron chi connectivity index (χ2n) is 3.54. The highest BCUT2D eigenvalue weighted by Gasteiger charge is 2.11. The lowest BCUT2D eigenvalue weighted by Gasteiger charge is -2.08. The van der Waals surface area contributed by atoms with Crippen molar-refractivity contribution in [1.29, 1.82) is 0 Å². The SMILES string of the molecule is O=C(O)CC(=O)Nc1cc(-n2cnnn2)ccc1Cl. The van der Waals surface area contributed by atoms with Crippen molar-refractivity contribution < 1.29 is 14.7 Å². The van der Waals surface area contributed by atoms with Gasteiger partial charge in [-0.25, -0.2) is 4.68 Å². The van der Waals surface area contributed by atoms with E-state index in [0.717, 1.165) is 0 Å². The van der Waals surface area contributed by atoms with E-state index in [-0.39, 0.29) is 5.02 Å².